The average molecular weight is 290 g/mol. The highest BCUT2D eigenvalue weighted by Gasteiger charge is 2.41. The van der Waals surface area contributed by atoms with Gasteiger partial charge in [0.15, 0.2) is 0 Å². The van der Waals surface area contributed by atoms with E-state index in [0.29, 0.717) is 5.92 Å². The van der Waals surface area contributed by atoms with Crippen LogP contribution in [0.25, 0.3) is 0 Å². The lowest BCUT2D eigenvalue weighted by Gasteiger charge is -2.40. The van der Waals surface area contributed by atoms with Crippen molar-refractivity contribution in [1.29, 1.82) is 0 Å². The second-order valence-electron chi connectivity index (χ2n) is 6.62. The molecule has 3 nitrogen and oxygen atoms in total. The van der Waals surface area contributed by atoms with Crippen molar-refractivity contribution in [3.05, 3.63) is 23.8 Å². The van der Waals surface area contributed by atoms with Crippen molar-refractivity contribution in [3.8, 4) is 0 Å². The third-order valence-electron chi connectivity index (χ3n) is 4.92. The van der Waals surface area contributed by atoms with Gasteiger partial charge in [0.2, 0.25) is 0 Å². The number of aldehydes is 1. The number of ether oxygens (including phenoxy) is 1. The van der Waals surface area contributed by atoms with Crippen LogP contribution in [0.4, 0.5) is 0 Å². The molecule has 2 rings (SSSR count). The molecule has 2 aliphatic rings. The highest BCUT2D eigenvalue weighted by molar-refractivity contribution is 5.72. The van der Waals surface area contributed by atoms with Crippen molar-refractivity contribution in [3.63, 3.8) is 0 Å². The van der Waals surface area contributed by atoms with E-state index >= 15 is 0 Å². The molecule has 0 N–H and O–H groups in total. The van der Waals surface area contributed by atoms with Crippen LogP contribution < -0.4 is 0 Å². The Morgan fingerprint density at radius 2 is 2.19 bits per heavy atom. The number of hydrogen-bond donors (Lipinski definition) is 0. The number of rotatable bonds is 4. The molecule has 21 heavy (non-hydrogen) atoms. The van der Waals surface area contributed by atoms with Gasteiger partial charge in [-0.3, -0.25) is 4.79 Å². The Balaban J connectivity index is 2.25. The Bertz CT molecular complexity index is 463. The zero-order valence-corrected chi connectivity index (χ0v) is 13.4. The van der Waals surface area contributed by atoms with Gasteiger partial charge in [-0.05, 0) is 30.3 Å². The first-order valence-electron chi connectivity index (χ1n) is 8.03. The Morgan fingerprint density at radius 1 is 1.48 bits per heavy atom. The SMILES string of the molecule is CC[C@H](C)C(=O)O[C@H]1C[C@H](C)C=C2C=C[C@H](C)[C@H](C=O)[C@H]21. The second kappa shape index (κ2) is 6.59. The number of carbonyl (C=O) groups is 2. The fourth-order valence-corrected chi connectivity index (χ4v) is 3.35. The first kappa shape index (κ1) is 16.0. The van der Waals surface area contributed by atoms with Gasteiger partial charge in [0.1, 0.15) is 12.4 Å². The highest BCUT2D eigenvalue weighted by Crippen LogP contribution is 2.42. The van der Waals surface area contributed by atoms with Crippen LogP contribution in [0.1, 0.15) is 40.5 Å². The number of allylic oxidation sites excluding steroid dienone is 3. The summed E-state index contributed by atoms with van der Waals surface area (Å²) in [6.45, 7) is 8.07. The van der Waals surface area contributed by atoms with E-state index in [0.717, 1.165) is 24.7 Å². The molecule has 0 bridgehead atoms. The van der Waals surface area contributed by atoms with E-state index in [1.807, 2.05) is 13.8 Å². The first-order chi connectivity index (χ1) is 9.97. The van der Waals surface area contributed by atoms with Gasteiger partial charge in [-0.2, -0.15) is 0 Å². The molecule has 0 saturated heterocycles. The summed E-state index contributed by atoms with van der Waals surface area (Å²) >= 11 is 0. The molecule has 0 aliphatic heterocycles. The van der Waals surface area contributed by atoms with E-state index in [9.17, 15) is 9.59 Å². The standard InChI is InChI=1S/C18H26O3/c1-5-12(3)18(20)21-16-9-11(2)8-14-7-6-13(4)15(10-19)17(14)16/h6-8,10-13,15-17H,5,9H2,1-4H3/t11-,12+,13+,15+,16+,17+/m1/s1. The molecule has 0 fully saturated rings. The lowest BCUT2D eigenvalue weighted by atomic mass is 9.67. The average Bonchev–Trinajstić information content (AvgIpc) is 2.46. The van der Waals surface area contributed by atoms with Gasteiger partial charge in [-0.1, -0.05) is 45.9 Å². The molecule has 0 aromatic carbocycles. The van der Waals surface area contributed by atoms with Crippen LogP contribution >= 0.6 is 0 Å². The predicted molar refractivity (Wildman–Crippen MR) is 82.5 cm³/mol. The summed E-state index contributed by atoms with van der Waals surface area (Å²) in [5.74, 6) is 0.276. The Labute approximate surface area is 127 Å². The fraction of sp³-hybridized carbons (Fsp3) is 0.667. The minimum Gasteiger partial charge on any atom is -0.461 e. The van der Waals surface area contributed by atoms with Crippen LogP contribution in [0.15, 0.2) is 23.8 Å². The van der Waals surface area contributed by atoms with E-state index in [2.05, 4.69) is 32.1 Å². The Morgan fingerprint density at radius 3 is 2.81 bits per heavy atom. The van der Waals surface area contributed by atoms with Gasteiger partial charge in [0.25, 0.3) is 0 Å². The summed E-state index contributed by atoms with van der Waals surface area (Å²) in [7, 11) is 0. The molecule has 0 amide bonds. The number of esters is 1. The van der Waals surface area contributed by atoms with E-state index in [1.54, 1.807) is 0 Å². The zero-order chi connectivity index (χ0) is 15.6. The molecule has 0 unspecified atom stereocenters. The molecule has 0 spiro atoms. The van der Waals surface area contributed by atoms with E-state index in [1.165, 1.54) is 0 Å². The van der Waals surface area contributed by atoms with Crippen molar-refractivity contribution in [2.45, 2.75) is 46.6 Å². The molecular weight excluding hydrogens is 264 g/mol. The topological polar surface area (TPSA) is 43.4 Å². The van der Waals surface area contributed by atoms with Crippen molar-refractivity contribution in [2.24, 2.45) is 29.6 Å². The summed E-state index contributed by atoms with van der Waals surface area (Å²) in [5, 5.41) is 0. The number of carbonyl (C=O) groups excluding carboxylic acids is 2. The van der Waals surface area contributed by atoms with Crippen LogP contribution in [0, 0.1) is 29.6 Å². The molecule has 0 aromatic heterocycles. The lowest BCUT2D eigenvalue weighted by Crippen LogP contribution is -2.42. The van der Waals surface area contributed by atoms with Crippen molar-refractivity contribution in [1.82, 2.24) is 0 Å². The van der Waals surface area contributed by atoms with Gasteiger partial charge in [0, 0.05) is 11.8 Å². The summed E-state index contributed by atoms with van der Waals surface area (Å²) in [6.07, 6.45) is 8.86. The highest BCUT2D eigenvalue weighted by atomic mass is 16.5. The summed E-state index contributed by atoms with van der Waals surface area (Å²) in [6, 6.07) is 0. The molecule has 0 radical (unpaired) electrons. The smallest absolute Gasteiger partial charge is 0.308 e. The second-order valence-corrected chi connectivity index (χ2v) is 6.62. The molecule has 0 saturated carbocycles. The number of hydrogen-bond acceptors (Lipinski definition) is 3. The molecule has 0 heterocycles. The minimum atomic E-state index is -0.177. The molecule has 116 valence electrons. The monoisotopic (exact) mass is 290 g/mol. The predicted octanol–water partition coefficient (Wildman–Crippen LogP) is 3.55. The molecule has 2 aliphatic carbocycles. The van der Waals surface area contributed by atoms with Crippen molar-refractivity contribution < 1.29 is 14.3 Å². The van der Waals surface area contributed by atoms with Crippen LogP contribution in [0.3, 0.4) is 0 Å². The normalized spacial score (nSPS) is 36.4. The van der Waals surface area contributed by atoms with Crippen LogP contribution in [-0.2, 0) is 14.3 Å². The van der Waals surface area contributed by atoms with E-state index in [4.69, 9.17) is 4.74 Å². The maximum absolute atomic E-state index is 12.2. The van der Waals surface area contributed by atoms with E-state index < -0.39 is 0 Å². The molecule has 3 heteroatoms. The molecule has 0 aromatic rings. The van der Waals surface area contributed by atoms with Crippen LogP contribution in [-0.4, -0.2) is 18.4 Å². The van der Waals surface area contributed by atoms with Gasteiger partial charge in [-0.25, -0.2) is 0 Å². The number of fused-ring (bicyclic) bond motifs is 1. The summed E-state index contributed by atoms with van der Waals surface area (Å²) in [4.78, 5) is 23.7. The lowest BCUT2D eigenvalue weighted by molar-refractivity contribution is -0.158. The van der Waals surface area contributed by atoms with Crippen molar-refractivity contribution in [2.75, 3.05) is 0 Å². The van der Waals surface area contributed by atoms with Gasteiger partial charge < -0.3 is 9.53 Å². The van der Waals surface area contributed by atoms with Gasteiger partial charge in [-0.15, -0.1) is 0 Å². The maximum atomic E-state index is 12.2. The first-order valence-corrected chi connectivity index (χ1v) is 8.03. The Hall–Kier alpha value is -1.38. The van der Waals surface area contributed by atoms with Crippen LogP contribution in [0.2, 0.25) is 0 Å². The minimum absolute atomic E-state index is 0.0201. The summed E-state index contributed by atoms with van der Waals surface area (Å²) in [5.41, 5.74) is 1.16. The largest absolute Gasteiger partial charge is 0.461 e. The molecule has 6 atom stereocenters. The maximum Gasteiger partial charge on any atom is 0.308 e. The fourth-order valence-electron chi connectivity index (χ4n) is 3.35. The quantitative estimate of drug-likeness (QED) is 0.587. The van der Waals surface area contributed by atoms with Gasteiger partial charge in [0.05, 0.1) is 5.92 Å². The van der Waals surface area contributed by atoms with Gasteiger partial charge >= 0.3 is 5.97 Å². The van der Waals surface area contributed by atoms with Crippen molar-refractivity contribution >= 4 is 12.3 Å². The molecular formula is C18H26O3. The third-order valence-corrected chi connectivity index (χ3v) is 4.92. The Kier molecular flexibility index (Phi) is 5.02. The zero-order valence-electron chi connectivity index (χ0n) is 13.4. The summed E-state index contributed by atoms with van der Waals surface area (Å²) < 4.78 is 5.79. The van der Waals surface area contributed by atoms with E-state index in [-0.39, 0.29) is 35.7 Å². The van der Waals surface area contributed by atoms with Crippen LogP contribution in [0.5, 0.6) is 0 Å². The third kappa shape index (κ3) is 3.28.